The lowest BCUT2D eigenvalue weighted by Crippen LogP contribution is -2.44. The van der Waals surface area contributed by atoms with Crippen LogP contribution in [-0.2, 0) is 4.79 Å². The molecule has 0 heterocycles. The van der Waals surface area contributed by atoms with Gasteiger partial charge in [-0.1, -0.05) is 20.3 Å². The number of carboxylic acid groups (broad SMARTS) is 1. The molecule has 100 valence electrons. The maximum absolute atomic E-state index is 11.0. The zero-order valence-electron chi connectivity index (χ0n) is 11.1. The summed E-state index contributed by atoms with van der Waals surface area (Å²) in [6, 6.07) is 0. The Morgan fingerprint density at radius 2 is 2.12 bits per heavy atom. The fourth-order valence-corrected chi connectivity index (χ4v) is 2.32. The Bertz CT molecular complexity index is 263. The van der Waals surface area contributed by atoms with Crippen molar-refractivity contribution in [1.82, 2.24) is 5.32 Å². The Morgan fingerprint density at radius 1 is 1.47 bits per heavy atom. The molecule has 3 unspecified atom stereocenters. The average Bonchev–Trinajstić information content (AvgIpc) is 2.65. The first-order valence-corrected chi connectivity index (χ1v) is 6.50. The third-order valence-corrected chi connectivity index (χ3v) is 4.11. The van der Waals surface area contributed by atoms with E-state index >= 15 is 0 Å². The van der Waals surface area contributed by atoms with E-state index in [1.54, 1.807) is 0 Å². The number of carboxylic acids is 1. The van der Waals surface area contributed by atoms with Crippen LogP contribution in [-0.4, -0.2) is 34.9 Å². The quantitative estimate of drug-likeness (QED) is 0.661. The van der Waals surface area contributed by atoms with Crippen LogP contribution in [0.4, 0.5) is 0 Å². The second-order valence-electron chi connectivity index (χ2n) is 5.78. The fourth-order valence-electron chi connectivity index (χ4n) is 2.32. The molecule has 0 aliphatic heterocycles. The van der Waals surface area contributed by atoms with Crippen LogP contribution in [0.25, 0.3) is 0 Å². The molecule has 0 radical (unpaired) electrons. The van der Waals surface area contributed by atoms with Gasteiger partial charge in [-0.25, -0.2) is 0 Å². The fraction of sp³-hybridized carbons (Fsp3) is 0.923. The zero-order chi connectivity index (χ0) is 13.1. The van der Waals surface area contributed by atoms with Gasteiger partial charge in [-0.3, -0.25) is 4.79 Å². The lowest BCUT2D eigenvalue weighted by molar-refractivity contribution is -0.142. The summed E-state index contributed by atoms with van der Waals surface area (Å²) in [6.45, 7) is 7.00. The van der Waals surface area contributed by atoms with Gasteiger partial charge in [0.2, 0.25) is 0 Å². The maximum Gasteiger partial charge on any atom is 0.306 e. The van der Waals surface area contributed by atoms with Gasteiger partial charge < -0.3 is 15.5 Å². The smallest absolute Gasteiger partial charge is 0.306 e. The lowest BCUT2D eigenvalue weighted by Gasteiger charge is -2.29. The predicted octanol–water partition coefficient (Wildman–Crippen LogP) is 1.48. The molecule has 0 aromatic rings. The van der Waals surface area contributed by atoms with Crippen LogP contribution in [0.15, 0.2) is 0 Å². The molecule has 0 saturated heterocycles. The lowest BCUT2D eigenvalue weighted by atomic mass is 9.91. The van der Waals surface area contributed by atoms with Crippen LogP contribution < -0.4 is 5.32 Å². The largest absolute Gasteiger partial charge is 0.481 e. The van der Waals surface area contributed by atoms with Gasteiger partial charge in [-0.15, -0.1) is 0 Å². The summed E-state index contributed by atoms with van der Waals surface area (Å²) in [4.78, 5) is 11.0. The molecule has 0 aromatic heterocycles. The van der Waals surface area contributed by atoms with Crippen molar-refractivity contribution in [3.63, 3.8) is 0 Å². The Kier molecular flexibility index (Phi) is 4.95. The van der Waals surface area contributed by atoms with Gasteiger partial charge in [0.15, 0.2) is 0 Å². The van der Waals surface area contributed by atoms with E-state index in [0.717, 1.165) is 19.3 Å². The molecule has 1 aliphatic carbocycles. The van der Waals surface area contributed by atoms with Crippen molar-refractivity contribution in [2.45, 2.75) is 45.6 Å². The minimum Gasteiger partial charge on any atom is -0.481 e. The minimum atomic E-state index is -0.725. The van der Waals surface area contributed by atoms with E-state index in [-0.39, 0.29) is 17.8 Å². The number of hydrogen-bond donors (Lipinski definition) is 3. The number of nitrogens with one attached hydrogen (secondary N) is 1. The van der Waals surface area contributed by atoms with E-state index in [2.05, 4.69) is 5.32 Å². The summed E-state index contributed by atoms with van der Waals surface area (Å²) >= 11 is 0. The second-order valence-corrected chi connectivity index (χ2v) is 5.78. The van der Waals surface area contributed by atoms with Crippen LogP contribution in [0.3, 0.4) is 0 Å². The maximum atomic E-state index is 11.0. The van der Waals surface area contributed by atoms with Crippen LogP contribution in [0.2, 0.25) is 0 Å². The van der Waals surface area contributed by atoms with Crippen molar-refractivity contribution < 1.29 is 15.0 Å². The highest BCUT2D eigenvalue weighted by atomic mass is 16.4. The van der Waals surface area contributed by atoms with E-state index in [1.807, 2.05) is 20.8 Å². The van der Waals surface area contributed by atoms with Crippen molar-refractivity contribution in [1.29, 1.82) is 0 Å². The molecule has 3 atom stereocenters. The summed E-state index contributed by atoms with van der Waals surface area (Å²) in [6.07, 6.45) is 2.78. The third kappa shape index (κ3) is 3.96. The van der Waals surface area contributed by atoms with Gasteiger partial charge >= 0.3 is 5.97 Å². The Labute approximate surface area is 103 Å². The minimum absolute atomic E-state index is 0.189. The molecule has 0 spiro atoms. The van der Waals surface area contributed by atoms with Gasteiger partial charge in [-0.2, -0.15) is 0 Å². The van der Waals surface area contributed by atoms with Gasteiger partial charge in [0.25, 0.3) is 0 Å². The highest BCUT2D eigenvalue weighted by molar-refractivity contribution is 5.70. The van der Waals surface area contributed by atoms with Crippen molar-refractivity contribution in [3.05, 3.63) is 0 Å². The molecule has 4 nitrogen and oxygen atoms in total. The third-order valence-electron chi connectivity index (χ3n) is 4.11. The molecule has 17 heavy (non-hydrogen) atoms. The summed E-state index contributed by atoms with van der Waals surface area (Å²) in [5, 5.41) is 22.3. The standard InChI is InChI=1S/C13H25NO3/c1-9(2)13(3,17)8-14-7-10-5-4-6-11(10)12(15)16/h9-11,14,17H,4-8H2,1-3H3,(H,15,16). The van der Waals surface area contributed by atoms with Crippen LogP contribution in [0.5, 0.6) is 0 Å². The first kappa shape index (κ1) is 14.5. The Hall–Kier alpha value is -0.610. The molecular weight excluding hydrogens is 218 g/mol. The molecule has 1 saturated carbocycles. The van der Waals surface area contributed by atoms with Gasteiger partial charge in [0.05, 0.1) is 11.5 Å². The first-order valence-electron chi connectivity index (χ1n) is 6.50. The average molecular weight is 243 g/mol. The summed E-state index contributed by atoms with van der Waals surface area (Å²) in [5.74, 6) is -0.472. The molecule has 0 aromatic carbocycles. The zero-order valence-corrected chi connectivity index (χ0v) is 11.1. The van der Waals surface area contributed by atoms with Gasteiger partial charge in [0, 0.05) is 6.54 Å². The van der Waals surface area contributed by atoms with Crippen molar-refractivity contribution in [2.24, 2.45) is 17.8 Å². The number of carbonyl (C=O) groups is 1. The molecule has 0 amide bonds. The van der Waals surface area contributed by atoms with Crippen molar-refractivity contribution >= 4 is 5.97 Å². The summed E-state index contributed by atoms with van der Waals surface area (Å²) < 4.78 is 0. The van der Waals surface area contributed by atoms with Crippen molar-refractivity contribution in [3.8, 4) is 0 Å². The number of aliphatic carboxylic acids is 1. The highest BCUT2D eigenvalue weighted by Gasteiger charge is 2.33. The molecule has 1 rings (SSSR count). The van der Waals surface area contributed by atoms with E-state index in [0.29, 0.717) is 13.1 Å². The molecule has 1 aliphatic rings. The molecule has 4 heteroatoms. The van der Waals surface area contributed by atoms with Gasteiger partial charge in [0.1, 0.15) is 0 Å². The number of hydrogen-bond acceptors (Lipinski definition) is 3. The molecule has 3 N–H and O–H groups in total. The monoisotopic (exact) mass is 243 g/mol. The van der Waals surface area contributed by atoms with E-state index in [1.165, 1.54) is 0 Å². The van der Waals surface area contributed by atoms with Crippen molar-refractivity contribution in [2.75, 3.05) is 13.1 Å². The Balaban J connectivity index is 2.34. The summed E-state index contributed by atoms with van der Waals surface area (Å²) in [5.41, 5.74) is -0.725. The topological polar surface area (TPSA) is 69.6 Å². The highest BCUT2D eigenvalue weighted by Crippen LogP contribution is 2.31. The van der Waals surface area contributed by atoms with Crippen LogP contribution in [0.1, 0.15) is 40.0 Å². The molecular formula is C13H25NO3. The number of aliphatic hydroxyl groups is 1. The van der Waals surface area contributed by atoms with E-state index < -0.39 is 11.6 Å². The molecule has 1 fully saturated rings. The van der Waals surface area contributed by atoms with E-state index in [9.17, 15) is 9.90 Å². The van der Waals surface area contributed by atoms with Crippen LogP contribution in [0, 0.1) is 17.8 Å². The van der Waals surface area contributed by atoms with Gasteiger partial charge in [-0.05, 0) is 38.1 Å². The molecule has 0 bridgehead atoms. The van der Waals surface area contributed by atoms with E-state index in [4.69, 9.17) is 5.11 Å². The van der Waals surface area contributed by atoms with Crippen LogP contribution >= 0.6 is 0 Å². The SMILES string of the molecule is CC(C)C(C)(O)CNCC1CCCC1C(=O)O. The normalized spacial score (nSPS) is 28.3. The second kappa shape index (κ2) is 5.83. The number of rotatable bonds is 6. The predicted molar refractivity (Wildman–Crippen MR) is 66.8 cm³/mol. The first-order chi connectivity index (χ1) is 7.84. The Morgan fingerprint density at radius 3 is 2.65 bits per heavy atom. The summed E-state index contributed by atoms with van der Waals surface area (Å²) in [7, 11) is 0.